The molecule has 0 fully saturated rings. The largest absolute Gasteiger partial charge is 0.497 e. The lowest BCUT2D eigenvalue weighted by Crippen LogP contribution is -2.32. The maximum Gasteiger partial charge on any atom is 0.241 e. The van der Waals surface area contributed by atoms with Crippen LogP contribution in [0.5, 0.6) is 5.75 Å². The van der Waals surface area contributed by atoms with Gasteiger partial charge in [0.1, 0.15) is 5.75 Å². The number of carbonyl (C=O) groups excluding carboxylic acids is 1. The fraction of sp³-hybridized carbons (Fsp3) is 0.300. The van der Waals surface area contributed by atoms with Crippen molar-refractivity contribution in [1.82, 2.24) is 0 Å². The summed E-state index contributed by atoms with van der Waals surface area (Å²) in [5.74, 6) is 0.497. The van der Waals surface area contributed by atoms with Crippen molar-refractivity contribution in [2.45, 2.75) is 13.0 Å². The van der Waals surface area contributed by atoms with Gasteiger partial charge in [-0.3, -0.25) is 4.79 Å². The highest BCUT2D eigenvalue weighted by Gasteiger charge is 2.10. The molecule has 0 radical (unpaired) electrons. The minimum Gasteiger partial charge on any atom is -0.497 e. The van der Waals surface area contributed by atoms with Crippen molar-refractivity contribution < 1.29 is 9.53 Å². The summed E-state index contributed by atoms with van der Waals surface area (Å²) < 4.78 is 6.01. The van der Waals surface area contributed by atoms with Crippen molar-refractivity contribution in [1.29, 1.82) is 0 Å². The second-order valence-electron chi connectivity index (χ2n) is 3.12. The van der Waals surface area contributed by atoms with Gasteiger partial charge in [0.25, 0.3) is 0 Å². The summed E-state index contributed by atoms with van der Waals surface area (Å²) in [6.07, 6.45) is 0. The Morgan fingerprint density at radius 2 is 2.27 bits per heavy atom. The van der Waals surface area contributed by atoms with Gasteiger partial charge in [0, 0.05) is 9.64 Å². The van der Waals surface area contributed by atoms with Gasteiger partial charge in [-0.05, 0) is 41.6 Å². The van der Waals surface area contributed by atoms with E-state index < -0.39 is 6.04 Å². The fourth-order valence-electron chi connectivity index (χ4n) is 0.974. The molecule has 5 heteroatoms. The SMILES string of the molecule is COc1ccc(I)c(NC(=O)C(C)N)c1. The Morgan fingerprint density at radius 3 is 2.80 bits per heavy atom. The number of nitrogens with one attached hydrogen (secondary N) is 1. The third-order valence-electron chi connectivity index (χ3n) is 1.84. The highest BCUT2D eigenvalue weighted by molar-refractivity contribution is 14.1. The van der Waals surface area contributed by atoms with Gasteiger partial charge in [0.05, 0.1) is 18.8 Å². The lowest BCUT2D eigenvalue weighted by Gasteiger charge is -2.10. The number of hydrogen-bond acceptors (Lipinski definition) is 3. The molecule has 1 aromatic carbocycles. The van der Waals surface area contributed by atoms with Crippen molar-refractivity contribution in [3.8, 4) is 5.75 Å². The van der Waals surface area contributed by atoms with E-state index in [2.05, 4.69) is 27.9 Å². The molecule has 1 rings (SSSR count). The van der Waals surface area contributed by atoms with Crippen molar-refractivity contribution in [2.75, 3.05) is 12.4 Å². The summed E-state index contributed by atoms with van der Waals surface area (Å²) in [5, 5.41) is 2.73. The molecule has 0 spiro atoms. The van der Waals surface area contributed by atoms with Crippen LogP contribution in [0, 0.1) is 3.57 Å². The molecule has 1 unspecified atom stereocenters. The predicted octanol–water partition coefficient (Wildman–Crippen LogP) is 1.59. The minimum atomic E-state index is -0.521. The van der Waals surface area contributed by atoms with Crippen LogP contribution < -0.4 is 15.8 Å². The van der Waals surface area contributed by atoms with Crippen molar-refractivity contribution in [3.63, 3.8) is 0 Å². The quantitative estimate of drug-likeness (QED) is 0.831. The number of nitrogens with two attached hydrogens (primary N) is 1. The van der Waals surface area contributed by atoms with E-state index >= 15 is 0 Å². The summed E-state index contributed by atoms with van der Waals surface area (Å²) in [5.41, 5.74) is 6.18. The average molecular weight is 320 g/mol. The lowest BCUT2D eigenvalue weighted by atomic mass is 10.2. The van der Waals surface area contributed by atoms with Crippen molar-refractivity contribution in [2.24, 2.45) is 5.73 Å². The van der Waals surface area contributed by atoms with E-state index in [1.807, 2.05) is 12.1 Å². The first kappa shape index (κ1) is 12.3. The Kier molecular flexibility index (Phi) is 4.34. The first-order valence-corrected chi connectivity index (χ1v) is 5.52. The molecular formula is C10H13IN2O2. The zero-order valence-electron chi connectivity index (χ0n) is 8.58. The molecular weight excluding hydrogens is 307 g/mol. The van der Waals surface area contributed by atoms with E-state index in [-0.39, 0.29) is 5.91 Å². The van der Waals surface area contributed by atoms with Crippen LogP contribution in [0.1, 0.15) is 6.92 Å². The fourth-order valence-corrected chi connectivity index (χ4v) is 1.44. The van der Waals surface area contributed by atoms with E-state index in [9.17, 15) is 4.79 Å². The smallest absolute Gasteiger partial charge is 0.241 e. The Labute approximate surface area is 102 Å². The molecule has 0 aliphatic rings. The van der Waals surface area contributed by atoms with Crippen LogP contribution in [0.3, 0.4) is 0 Å². The molecule has 0 saturated heterocycles. The van der Waals surface area contributed by atoms with Crippen LogP contribution in [0.25, 0.3) is 0 Å². The standard InChI is InChI=1S/C10H13IN2O2/c1-6(12)10(14)13-9-5-7(15-2)3-4-8(9)11/h3-6H,12H2,1-2H3,(H,13,14). The zero-order valence-corrected chi connectivity index (χ0v) is 10.7. The van der Waals surface area contributed by atoms with Crippen LogP contribution in [0.4, 0.5) is 5.69 Å². The van der Waals surface area contributed by atoms with Gasteiger partial charge in [-0.25, -0.2) is 0 Å². The Balaban J connectivity index is 2.88. The third-order valence-corrected chi connectivity index (χ3v) is 2.79. The van der Waals surface area contributed by atoms with Crippen molar-refractivity contribution >= 4 is 34.2 Å². The number of ether oxygens (including phenoxy) is 1. The van der Waals surface area contributed by atoms with E-state index in [1.54, 1.807) is 20.1 Å². The molecule has 0 heterocycles. The van der Waals surface area contributed by atoms with Crippen LogP contribution >= 0.6 is 22.6 Å². The third kappa shape index (κ3) is 3.35. The van der Waals surface area contributed by atoms with Crippen LogP contribution in [-0.4, -0.2) is 19.1 Å². The van der Waals surface area contributed by atoms with Gasteiger partial charge < -0.3 is 15.8 Å². The highest BCUT2D eigenvalue weighted by atomic mass is 127. The van der Waals surface area contributed by atoms with Gasteiger partial charge in [-0.1, -0.05) is 0 Å². The van der Waals surface area contributed by atoms with Gasteiger partial charge in [-0.15, -0.1) is 0 Å². The summed E-state index contributed by atoms with van der Waals surface area (Å²) >= 11 is 2.14. The molecule has 1 amide bonds. The van der Waals surface area contributed by atoms with E-state index in [0.717, 1.165) is 9.26 Å². The Hall–Kier alpha value is -0.820. The minimum absolute atomic E-state index is 0.207. The molecule has 1 aromatic rings. The van der Waals surface area contributed by atoms with Gasteiger partial charge >= 0.3 is 0 Å². The number of methoxy groups -OCH3 is 1. The molecule has 0 saturated carbocycles. The second-order valence-corrected chi connectivity index (χ2v) is 4.29. The molecule has 4 nitrogen and oxygen atoms in total. The van der Waals surface area contributed by atoms with Crippen molar-refractivity contribution in [3.05, 3.63) is 21.8 Å². The maximum atomic E-state index is 11.4. The monoisotopic (exact) mass is 320 g/mol. The number of carbonyl (C=O) groups is 1. The van der Waals surface area contributed by atoms with Crippen LogP contribution in [-0.2, 0) is 4.79 Å². The molecule has 0 bridgehead atoms. The number of hydrogen-bond donors (Lipinski definition) is 2. The number of benzene rings is 1. The normalized spacial score (nSPS) is 12.0. The maximum absolute atomic E-state index is 11.4. The van der Waals surface area contributed by atoms with Gasteiger partial charge in [-0.2, -0.15) is 0 Å². The number of rotatable bonds is 3. The lowest BCUT2D eigenvalue weighted by molar-refractivity contribution is -0.117. The molecule has 0 aliphatic carbocycles. The summed E-state index contributed by atoms with van der Waals surface area (Å²) in [6, 6.07) is 4.95. The van der Waals surface area contributed by atoms with Crippen LogP contribution in [0.2, 0.25) is 0 Å². The number of halogens is 1. The van der Waals surface area contributed by atoms with Gasteiger partial charge in [0.2, 0.25) is 5.91 Å². The molecule has 0 aliphatic heterocycles. The highest BCUT2D eigenvalue weighted by Crippen LogP contribution is 2.23. The molecule has 15 heavy (non-hydrogen) atoms. The second kappa shape index (κ2) is 5.32. The summed E-state index contributed by atoms with van der Waals surface area (Å²) in [4.78, 5) is 11.4. The van der Waals surface area contributed by atoms with Gasteiger partial charge in [0.15, 0.2) is 0 Å². The predicted molar refractivity (Wildman–Crippen MR) is 68.0 cm³/mol. The topological polar surface area (TPSA) is 64.3 Å². The summed E-state index contributed by atoms with van der Waals surface area (Å²) in [6.45, 7) is 1.64. The number of amides is 1. The Morgan fingerprint density at radius 1 is 1.60 bits per heavy atom. The zero-order chi connectivity index (χ0) is 11.4. The summed E-state index contributed by atoms with van der Waals surface area (Å²) in [7, 11) is 1.58. The Bertz CT molecular complexity index is 366. The first-order chi connectivity index (χ1) is 7.04. The van der Waals surface area contributed by atoms with E-state index in [4.69, 9.17) is 10.5 Å². The van der Waals surface area contributed by atoms with E-state index in [1.165, 1.54) is 0 Å². The van der Waals surface area contributed by atoms with Crippen LogP contribution in [0.15, 0.2) is 18.2 Å². The molecule has 1 atom stereocenters. The molecule has 82 valence electrons. The van der Waals surface area contributed by atoms with E-state index in [0.29, 0.717) is 5.75 Å². The molecule has 0 aromatic heterocycles. The molecule has 3 N–H and O–H groups in total. The first-order valence-electron chi connectivity index (χ1n) is 4.44. The number of anilines is 1. The average Bonchev–Trinajstić information content (AvgIpc) is 2.21.